The maximum absolute atomic E-state index is 12.2. The molecule has 0 fully saturated rings. The third kappa shape index (κ3) is 2.67. The van der Waals surface area contributed by atoms with Gasteiger partial charge in [0.2, 0.25) is 0 Å². The van der Waals surface area contributed by atoms with Crippen LogP contribution in [0.25, 0.3) is 10.9 Å². The number of hydrogen-bond acceptors (Lipinski definition) is 4. The number of anilines is 1. The molecule has 3 aromatic rings. The van der Waals surface area contributed by atoms with Crippen LogP contribution in [-0.2, 0) is 0 Å². The molecular formula is C16H13N3O2. The smallest absolute Gasteiger partial charge is 0.274 e. The van der Waals surface area contributed by atoms with Gasteiger partial charge in [-0.3, -0.25) is 9.78 Å². The van der Waals surface area contributed by atoms with E-state index >= 15 is 0 Å². The number of amides is 1. The SMILES string of the molecule is COc1cccc2ccc(C(=O)Nc3ccncc3)nc12. The van der Waals surface area contributed by atoms with Crippen LogP contribution in [0.3, 0.4) is 0 Å². The number of para-hydroxylation sites is 1. The van der Waals surface area contributed by atoms with Crippen molar-refractivity contribution in [3.8, 4) is 5.75 Å². The molecule has 0 spiro atoms. The molecule has 1 aromatic carbocycles. The first-order valence-electron chi connectivity index (χ1n) is 6.43. The average Bonchev–Trinajstić information content (AvgIpc) is 2.54. The molecular weight excluding hydrogens is 266 g/mol. The molecule has 0 radical (unpaired) electrons. The molecule has 0 saturated carbocycles. The fourth-order valence-electron chi connectivity index (χ4n) is 2.04. The van der Waals surface area contributed by atoms with Crippen LogP contribution in [0.4, 0.5) is 5.69 Å². The number of methoxy groups -OCH3 is 1. The van der Waals surface area contributed by atoms with Crippen LogP contribution < -0.4 is 10.1 Å². The van der Waals surface area contributed by atoms with E-state index in [0.717, 1.165) is 5.39 Å². The van der Waals surface area contributed by atoms with Gasteiger partial charge in [0.1, 0.15) is 17.0 Å². The summed E-state index contributed by atoms with van der Waals surface area (Å²) in [7, 11) is 1.58. The predicted molar refractivity (Wildman–Crippen MR) is 80.5 cm³/mol. The van der Waals surface area contributed by atoms with Crippen LogP contribution in [0, 0.1) is 0 Å². The number of benzene rings is 1. The molecule has 0 aliphatic carbocycles. The van der Waals surface area contributed by atoms with Gasteiger partial charge in [0.05, 0.1) is 7.11 Å². The molecule has 0 bridgehead atoms. The van der Waals surface area contributed by atoms with Crippen molar-refractivity contribution in [3.05, 3.63) is 60.6 Å². The molecule has 2 aromatic heterocycles. The van der Waals surface area contributed by atoms with Gasteiger partial charge in [-0.25, -0.2) is 4.98 Å². The number of ether oxygens (including phenoxy) is 1. The molecule has 0 saturated heterocycles. The van der Waals surface area contributed by atoms with Crippen molar-refractivity contribution in [2.24, 2.45) is 0 Å². The lowest BCUT2D eigenvalue weighted by atomic mass is 10.2. The summed E-state index contributed by atoms with van der Waals surface area (Å²) in [5.41, 5.74) is 1.68. The molecule has 104 valence electrons. The number of nitrogens with zero attached hydrogens (tertiary/aromatic N) is 2. The minimum Gasteiger partial charge on any atom is -0.494 e. The maximum atomic E-state index is 12.2. The van der Waals surface area contributed by atoms with Crippen molar-refractivity contribution in [1.82, 2.24) is 9.97 Å². The van der Waals surface area contributed by atoms with Crippen LogP contribution in [-0.4, -0.2) is 23.0 Å². The van der Waals surface area contributed by atoms with Crippen molar-refractivity contribution in [2.75, 3.05) is 12.4 Å². The summed E-state index contributed by atoms with van der Waals surface area (Å²) in [6.07, 6.45) is 3.24. The summed E-state index contributed by atoms with van der Waals surface area (Å²) in [6, 6.07) is 12.6. The molecule has 0 atom stereocenters. The van der Waals surface area contributed by atoms with E-state index < -0.39 is 0 Å². The Bertz CT molecular complexity index is 788. The molecule has 1 amide bonds. The molecule has 2 heterocycles. The van der Waals surface area contributed by atoms with E-state index in [1.54, 1.807) is 37.7 Å². The van der Waals surface area contributed by atoms with Gasteiger partial charge in [0.15, 0.2) is 0 Å². The highest BCUT2D eigenvalue weighted by molar-refractivity contribution is 6.04. The molecule has 0 aliphatic heterocycles. The summed E-state index contributed by atoms with van der Waals surface area (Å²) in [5.74, 6) is 0.375. The zero-order chi connectivity index (χ0) is 14.7. The molecule has 0 unspecified atom stereocenters. The Hall–Kier alpha value is -2.95. The minimum atomic E-state index is -0.269. The second-order valence-electron chi connectivity index (χ2n) is 4.42. The van der Waals surface area contributed by atoms with Gasteiger partial charge in [0.25, 0.3) is 5.91 Å². The maximum Gasteiger partial charge on any atom is 0.274 e. The predicted octanol–water partition coefficient (Wildman–Crippen LogP) is 2.89. The highest BCUT2D eigenvalue weighted by atomic mass is 16.5. The Labute approximate surface area is 121 Å². The van der Waals surface area contributed by atoms with E-state index in [0.29, 0.717) is 22.6 Å². The van der Waals surface area contributed by atoms with E-state index in [1.165, 1.54) is 0 Å². The number of carbonyl (C=O) groups excluding carboxylic acids is 1. The van der Waals surface area contributed by atoms with E-state index in [4.69, 9.17) is 4.74 Å². The van der Waals surface area contributed by atoms with Crippen molar-refractivity contribution >= 4 is 22.5 Å². The Morgan fingerprint density at radius 3 is 2.67 bits per heavy atom. The Morgan fingerprint density at radius 2 is 1.90 bits per heavy atom. The standard InChI is InChI=1S/C16H13N3O2/c1-21-14-4-2-3-11-5-6-13(19-15(11)14)16(20)18-12-7-9-17-10-8-12/h2-10H,1H3,(H,17,18,20). The number of pyridine rings is 2. The van der Waals surface area contributed by atoms with Crippen LogP contribution in [0.15, 0.2) is 54.9 Å². The van der Waals surface area contributed by atoms with Crippen LogP contribution in [0.2, 0.25) is 0 Å². The van der Waals surface area contributed by atoms with Gasteiger partial charge in [-0.2, -0.15) is 0 Å². The summed E-state index contributed by atoms with van der Waals surface area (Å²) >= 11 is 0. The first-order valence-corrected chi connectivity index (χ1v) is 6.43. The summed E-state index contributed by atoms with van der Waals surface area (Å²) in [4.78, 5) is 20.5. The van der Waals surface area contributed by atoms with Gasteiger partial charge in [-0.1, -0.05) is 18.2 Å². The number of hydrogen-bond donors (Lipinski definition) is 1. The van der Waals surface area contributed by atoms with Gasteiger partial charge in [-0.15, -0.1) is 0 Å². The topological polar surface area (TPSA) is 64.1 Å². The lowest BCUT2D eigenvalue weighted by molar-refractivity contribution is 0.102. The normalized spacial score (nSPS) is 10.3. The van der Waals surface area contributed by atoms with Gasteiger partial charge in [-0.05, 0) is 24.3 Å². The zero-order valence-electron chi connectivity index (χ0n) is 11.4. The van der Waals surface area contributed by atoms with E-state index in [2.05, 4.69) is 15.3 Å². The number of rotatable bonds is 3. The number of aromatic nitrogens is 2. The van der Waals surface area contributed by atoms with Crippen LogP contribution in [0.5, 0.6) is 5.75 Å². The zero-order valence-corrected chi connectivity index (χ0v) is 11.4. The van der Waals surface area contributed by atoms with Crippen LogP contribution >= 0.6 is 0 Å². The Balaban J connectivity index is 1.95. The highest BCUT2D eigenvalue weighted by Crippen LogP contribution is 2.23. The summed E-state index contributed by atoms with van der Waals surface area (Å²) < 4.78 is 5.28. The fourth-order valence-corrected chi connectivity index (χ4v) is 2.04. The average molecular weight is 279 g/mol. The van der Waals surface area contributed by atoms with E-state index in [-0.39, 0.29) is 5.91 Å². The summed E-state index contributed by atoms with van der Waals surface area (Å²) in [5, 5.41) is 3.70. The van der Waals surface area contributed by atoms with E-state index in [9.17, 15) is 4.79 Å². The Morgan fingerprint density at radius 1 is 1.10 bits per heavy atom. The first kappa shape index (κ1) is 13.1. The number of carbonyl (C=O) groups is 1. The number of nitrogens with one attached hydrogen (secondary N) is 1. The second-order valence-corrected chi connectivity index (χ2v) is 4.42. The highest BCUT2D eigenvalue weighted by Gasteiger charge is 2.10. The van der Waals surface area contributed by atoms with Crippen molar-refractivity contribution in [1.29, 1.82) is 0 Å². The molecule has 21 heavy (non-hydrogen) atoms. The van der Waals surface area contributed by atoms with Crippen LogP contribution in [0.1, 0.15) is 10.5 Å². The first-order chi connectivity index (χ1) is 10.3. The molecule has 3 rings (SSSR count). The van der Waals surface area contributed by atoms with Gasteiger partial charge in [0, 0.05) is 23.5 Å². The number of fused-ring (bicyclic) bond motifs is 1. The second kappa shape index (κ2) is 5.58. The van der Waals surface area contributed by atoms with Crippen molar-refractivity contribution < 1.29 is 9.53 Å². The largest absolute Gasteiger partial charge is 0.494 e. The monoisotopic (exact) mass is 279 g/mol. The minimum absolute atomic E-state index is 0.269. The molecule has 0 aliphatic rings. The van der Waals surface area contributed by atoms with Crippen molar-refractivity contribution in [3.63, 3.8) is 0 Å². The summed E-state index contributed by atoms with van der Waals surface area (Å²) in [6.45, 7) is 0. The fraction of sp³-hybridized carbons (Fsp3) is 0.0625. The van der Waals surface area contributed by atoms with Gasteiger partial charge >= 0.3 is 0 Å². The Kier molecular flexibility index (Phi) is 3.47. The molecule has 5 nitrogen and oxygen atoms in total. The third-order valence-corrected chi connectivity index (χ3v) is 3.07. The van der Waals surface area contributed by atoms with E-state index in [1.807, 2.05) is 24.3 Å². The third-order valence-electron chi connectivity index (χ3n) is 3.07. The quantitative estimate of drug-likeness (QED) is 0.800. The lowest BCUT2D eigenvalue weighted by Gasteiger charge is -2.07. The van der Waals surface area contributed by atoms with Crippen molar-refractivity contribution in [2.45, 2.75) is 0 Å². The molecule has 1 N–H and O–H groups in total. The molecule has 5 heteroatoms. The van der Waals surface area contributed by atoms with Gasteiger partial charge < -0.3 is 10.1 Å². The lowest BCUT2D eigenvalue weighted by Crippen LogP contribution is -2.13.